The summed E-state index contributed by atoms with van der Waals surface area (Å²) in [5, 5.41) is 2.98. The molecule has 0 bridgehead atoms. The van der Waals surface area contributed by atoms with Gasteiger partial charge < -0.3 is 5.32 Å². The molecule has 150 valence electrons. The van der Waals surface area contributed by atoms with Gasteiger partial charge in [0.25, 0.3) is 5.56 Å². The average Bonchev–Trinajstić information content (AvgIpc) is 2.74. The molecule has 1 fully saturated rings. The van der Waals surface area contributed by atoms with Crippen LogP contribution >= 0.6 is 0 Å². The zero-order valence-electron chi connectivity index (χ0n) is 16.1. The number of hydrogen-bond donors (Lipinski definition) is 1. The fourth-order valence-corrected chi connectivity index (χ4v) is 4.06. The van der Waals surface area contributed by atoms with Gasteiger partial charge in [-0.15, -0.1) is 0 Å². The minimum absolute atomic E-state index is 0.173. The molecule has 1 aromatic carbocycles. The number of amides is 1. The molecule has 0 radical (unpaired) electrons. The zero-order chi connectivity index (χ0) is 20.2. The Kier molecular flexibility index (Phi) is 5.64. The molecule has 1 aliphatic carbocycles. The van der Waals surface area contributed by atoms with E-state index in [-0.39, 0.29) is 11.3 Å². The predicted octanol–water partition coefficient (Wildman–Crippen LogP) is 4.08. The lowest BCUT2D eigenvalue weighted by Gasteiger charge is -2.27. The van der Waals surface area contributed by atoms with Crippen molar-refractivity contribution in [3.63, 3.8) is 0 Å². The Labute approximate surface area is 167 Å². The molecular weight excluding hydrogens is 371 g/mol. The molecule has 0 saturated heterocycles. The SMILES string of the molecule is O=C(Nc1ccccn1)C(CC1CCCCC1)n1cnc2ccc(F)cc2c1=O. The van der Waals surface area contributed by atoms with E-state index in [4.69, 9.17) is 0 Å². The number of fused-ring (bicyclic) bond motifs is 1. The van der Waals surface area contributed by atoms with Gasteiger partial charge in [-0.3, -0.25) is 14.2 Å². The average molecular weight is 394 g/mol. The number of rotatable bonds is 5. The second-order valence-electron chi connectivity index (χ2n) is 7.58. The molecule has 1 amide bonds. The maximum atomic E-state index is 13.7. The molecule has 4 rings (SSSR count). The van der Waals surface area contributed by atoms with Crippen molar-refractivity contribution in [1.29, 1.82) is 0 Å². The molecule has 1 atom stereocenters. The van der Waals surface area contributed by atoms with Crippen molar-refractivity contribution < 1.29 is 9.18 Å². The van der Waals surface area contributed by atoms with Crippen molar-refractivity contribution >= 4 is 22.6 Å². The number of carbonyl (C=O) groups is 1. The molecule has 1 aliphatic rings. The van der Waals surface area contributed by atoms with Crippen molar-refractivity contribution in [2.75, 3.05) is 5.32 Å². The minimum atomic E-state index is -0.729. The third kappa shape index (κ3) is 4.34. The first-order valence-electron chi connectivity index (χ1n) is 10.00. The normalized spacial score (nSPS) is 15.9. The third-order valence-corrected chi connectivity index (χ3v) is 5.58. The van der Waals surface area contributed by atoms with Gasteiger partial charge in [-0.2, -0.15) is 0 Å². The van der Waals surface area contributed by atoms with Gasteiger partial charge >= 0.3 is 0 Å². The van der Waals surface area contributed by atoms with Crippen LogP contribution in [0.3, 0.4) is 0 Å². The lowest BCUT2D eigenvalue weighted by atomic mass is 9.84. The van der Waals surface area contributed by atoms with E-state index in [1.807, 2.05) is 0 Å². The number of halogens is 1. The lowest BCUT2D eigenvalue weighted by Crippen LogP contribution is -2.35. The fourth-order valence-electron chi connectivity index (χ4n) is 4.06. The highest BCUT2D eigenvalue weighted by Gasteiger charge is 2.27. The van der Waals surface area contributed by atoms with Gasteiger partial charge in [0.1, 0.15) is 17.7 Å². The standard InChI is InChI=1S/C22H23FN4O2/c23-16-9-10-18-17(13-16)22(29)27(14-25-18)19(12-15-6-2-1-3-7-15)21(28)26-20-8-4-5-11-24-20/h4-5,8-11,13-15,19H,1-3,6-7,12H2,(H,24,26,28). The summed E-state index contributed by atoms with van der Waals surface area (Å²) < 4.78 is 15.0. The van der Waals surface area contributed by atoms with Crippen LogP contribution in [-0.2, 0) is 4.79 Å². The van der Waals surface area contributed by atoms with Gasteiger partial charge in [-0.1, -0.05) is 38.2 Å². The third-order valence-electron chi connectivity index (χ3n) is 5.58. The molecule has 1 unspecified atom stereocenters. The maximum Gasteiger partial charge on any atom is 0.262 e. The van der Waals surface area contributed by atoms with Crippen LogP contribution in [0.1, 0.15) is 44.6 Å². The van der Waals surface area contributed by atoms with Crippen LogP contribution < -0.4 is 10.9 Å². The van der Waals surface area contributed by atoms with E-state index in [9.17, 15) is 14.0 Å². The molecule has 7 heteroatoms. The molecular formula is C22H23FN4O2. The molecule has 0 aliphatic heterocycles. The smallest absolute Gasteiger partial charge is 0.262 e. The number of pyridine rings is 1. The van der Waals surface area contributed by atoms with Gasteiger partial charge in [-0.05, 0) is 42.7 Å². The van der Waals surface area contributed by atoms with Crippen molar-refractivity contribution in [1.82, 2.24) is 14.5 Å². The number of hydrogen-bond acceptors (Lipinski definition) is 4. The summed E-state index contributed by atoms with van der Waals surface area (Å²) in [5.74, 6) is -0.0258. The van der Waals surface area contributed by atoms with E-state index in [2.05, 4.69) is 15.3 Å². The lowest BCUT2D eigenvalue weighted by molar-refractivity contribution is -0.120. The summed E-state index contributed by atoms with van der Waals surface area (Å²) in [6.07, 6.45) is 9.09. The first kappa shape index (κ1) is 19.2. The summed E-state index contributed by atoms with van der Waals surface area (Å²) in [5.41, 5.74) is 0.000630. The number of anilines is 1. The van der Waals surface area contributed by atoms with Crippen molar-refractivity contribution in [2.24, 2.45) is 5.92 Å². The van der Waals surface area contributed by atoms with Crippen LogP contribution in [-0.4, -0.2) is 20.4 Å². The Balaban J connectivity index is 1.71. The van der Waals surface area contributed by atoms with Gasteiger partial charge in [0.2, 0.25) is 5.91 Å². The van der Waals surface area contributed by atoms with E-state index in [0.717, 1.165) is 25.7 Å². The molecule has 3 aromatic rings. The Morgan fingerprint density at radius 1 is 1.17 bits per heavy atom. The fraction of sp³-hybridized carbons (Fsp3) is 0.364. The van der Waals surface area contributed by atoms with E-state index in [1.54, 1.807) is 24.4 Å². The Morgan fingerprint density at radius 3 is 2.76 bits per heavy atom. The largest absolute Gasteiger partial charge is 0.309 e. The second kappa shape index (κ2) is 8.51. The van der Waals surface area contributed by atoms with Crippen molar-refractivity contribution in [2.45, 2.75) is 44.6 Å². The van der Waals surface area contributed by atoms with Gasteiger partial charge in [0.05, 0.1) is 17.2 Å². The van der Waals surface area contributed by atoms with Crippen LogP contribution in [0.2, 0.25) is 0 Å². The molecule has 0 spiro atoms. The summed E-state index contributed by atoms with van der Waals surface area (Å²) >= 11 is 0. The van der Waals surface area contributed by atoms with Crippen molar-refractivity contribution in [3.05, 3.63) is 65.1 Å². The summed E-state index contributed by atoms with van der Waals surface area (Å²) in [4.78, 5) is 34.6. The molecule has 29 heavy (non-hydrogen) atoms. The van der Waals surface area contributed by atoms with E-state index in [0.29, 0.717) is 23.7 Å². The van der Waals surface area contributed by atoms with E-state index >= 15 is 0 Å². The first-order valence-corrected chi connectivity index (χ1v) is 10.00. The summed E-state index contributed by atoms with van der Waals surface area (Å²) in [6.45, 7) is 0. The Hall–Kier alpha value is -3.09. The topological polar surface area (TPSA) is 76.9 Å². The monoisotopic (exact) mass is 394 g/mol. The summed E-state index contributed by atoms with van der Waals surface area (Å²) in [6, 6.07) is 8.44. The maximum absolute atomic E-state index is 13.7. The van der Waals surface area contributed by atoms with E-state index in [1.165, 1.54) is 35.5 Å². The highest BCUT2D eigenvalue weighted by atomic mass is 19.1. The molecule has 1 N–H and O–H groups in total. The predicted molar refractivity (Wildman–Crippen MR) is 109 cm³/mol. The highest BCUT2D eigenvalue weighted by Crippen LogP contribution is 2.31. The van der Waals surface area contributed by atoms with Crippen LogP contribution in [0.4, 0.5) is 10.2 Å². The van der Waals surface area contributed by atoms with Crippen LogP contribution in [0.15, 0.2) is 53.7 Å². The van der Waals surface area contributed by atoms with Crippen LogP contribution in [0.5, 0.6) is 0 Å². The summed E-state index contributed by atoms with van der Waals surface area (Å²) in [7, 11) is 0. The number of nitrogens with one attached hydrogen (secondary N) is 1. The minimum Gasteiger partial charge on any atom is -0.309 e. The number of carbonyl (C=O) groups excluding carboxylic acids is 1. The van der Waals surface area contributed by atoms with Crippen molar-refractivity contribution in [3.8, 4) is 0 Å². The van der Waals surface area contributed by atoms with Gasteiger partial charge in [0.15, 0.2) is 0 Å². The molecule has 1 saturated carbocycles. The Morgan fingerprint density at radius 2 is 2.00 bits per heavy atom. The number of benzene rings is 1. The zero-order valence-corrected chi connectivity index (χ0v) is 16.1. The van der Waals surface area contributed by atoms with Gasteiger partial charge in [-0.25, -0.2) is 14.4 Å². The first-order chi connectivity index (χ1) is 14.1. The Bertz CT molecular complexity index is 1060. The molecule has 6 nitrogen and oxygen atoms in total. The van der Waals surface area contributed by atoms with Gasteiger partial charge in [0, 0.05) is 6.20 Å². The quantitative estimate of drug-likeness (QED) is 0.707. The second-order valence-corrected chi connectivity index (χ2v) is 7.58. The van der Waals surface area contributed by atoms with E-state index < -0.39 is 17.4 Å². The molecule has 2 aromatic heterocycles. The molecule has 2 heterocycles. The number of nitrogens with zero attached hydrogens (tertiary/aromatic N) is 3. The van der Waals surface area contributed by atoms with Crippen LogP contribution in [0, 0.1) is 11.7 Å². The highest BCUT2D eigenvalue weighted by molar-refractivity contribution is 5.93. The van der Waals surface area contributed by atoms with Crippen LogP contribution in [0.25, 0.3) is 10.9 Å². The number of aromatic nitrogens is 3.